The molecule has 1 aromatic rings. The summed E-state index contributed by atoms with van der Waals surface area (Å²) in [4.78, 5) is 14.0. The van der Waals surface area contributed by atoms with E-state index in [1.165, 1.54) is 5.69 Å². The maximum absolute atomic E-state index is 11.8. The lowest BCUT2D eigenvalue weighted by molar-refractivity contribution is -0.115. The summed E-state index contributed by atoms with van der Waals surface area (Å²) in [6, 6.07) is 8.56. The average Bonchev–Trinajstić information content (AvgIpc) is 2.38. The minimum atomic E-state index is 0.0991. The summed E-state index contributed by atoms with van der Waals surface area (Å²) in [5.74, 6) is 0.0991. The normalized spacial score (nSPS) is 21.6. The molecule has 2 aliphatic heterocycles. The number of piperidine rings is 1. The quantitative estimate of drug-likeness (QED) is 0.783. The zero-order valence-electron chi connectivity index (χ0n) is 10.3. The first-order valence-electron chi connectivity index (χ1n) is 6.39. The third-order valence-corrected chi connectivity index (χ3v) is 4.26. The van der Waals surface area contributed by atoms with Crippen LogP contribution in [0.3, 0.4) is 0 Å². The van der Waals surface area contributed by atoms with Crippen LogP contribution in [0.1, 0.15) is 12.8 Å². The zero-order valence-corrected chi connectivity index (χ0v) is 11.5. The fraction of sp³-hybridized carbons (Fsp3) is 0.462. The fourth-order valence-electron chi connectivity index (χ4n) is 2.78. The van der Waals surface area contributed by atoms with Crippen LogP contribution in [0.25, 0.3) is 0 Å². The molecule has 0 spiro atoms. The second-order valence-corrected chi connectivity index (χ2v) is 5.69. The largest absolute Gasteiger partial charge is 0.357 e. The predicted molar refractivity (Wildman–Crippen MR) is 76.7 cm³/mol. The van der Waals surface area contributed by atoms with E-state index in [0.717, 1.165) is 31.6 Å². The molecule has 18 heavy (non-hydrogen) atoms. The second-order valence-electron chi connectivity index (χ2n) is 4.96. The molecule has 96 valence electrons. The van der Waals surface area contributed by atoms with Crippen molar-refractivity contribution in [2.24, 2.45) is 0 Å². The monoisotopic (exact) mass is 263 g/mol. The van der Waals surface area contributed by atoms with Gasteiger partial charge in [0.05, 0.1) is 17.9 Å². The molecule has 0 radical (unpaired) electrons. The molecule has 0 saturated carbocycles. The first kappa shape index (κ1) is 11.9. The Balaban J connectivity index is 1.86. The van der Waals surface area contributed by atoms with Gasteiger partial charge in [-0.2, -0.15) is 0 Å². The van der Waals surface area contributed by atoms with Crippen LogP contribution in [0.4, 0.5) is 11.4 Å². The summed E-state index contributed by atoms with van der Waals surface area (Å²) in [6.07, 6.45) is 2.23. The Hall–Kier alpha value is -1.12. The third kappa shape index (κ3) is 2.23. The highest BCUT2D eigenvalue weighted by molar-refractivity contribution is 7.13. The second kappa shape index (κ2) is 4.87. The van der Waals surface area contributed by atoms with E-state index in [2.05, 4.69) is 30.3 Å². The number of carbonyl (C=O) groups is 1. The van der Waals surface area contributed by atoms with Crippen molar-refractivity contribution in [2.45, 2.75) is 18.9 Å². The number of nitrogens with zero attached hydrogens (tertiary/aromatic N) is 2. The standard InChI is InChI=1S/C13H18N3OP/c17-13-9-16(10-5-7-15(18)8-6-10)12-4-2-1-3-11(12)14-13/h1-4,10H,5-9,18H2,(H,14,17). The first-order valence-corrected chi connectivity index (χ1v) is 6.91. The lowest BCUT2D eigenvalue weighted by atomic mass is 10.0. The molecule has 0 aliphatic carbocycles. The lowest BCUT2D eigenvalue weighted by Crippen LogP contribution is -2.48. The maximum Gasteiger partial charge on any atom is 0.243 e. The van der Waals surface area contributed by atoms with E-state index in [1.807, 2.05) is 18.2 Å². The van der Waals surface area contributed by atoms with E-state index in [1.54, 1.807) is 0 Å². The Kier molecular flexibility index (Phi) is 3.23. The van der Waals surface area contributed by atoms with Crippen LogP contribution in [0.5, 0.6) is 0 Å². The number of hydrogen-bond donors (Lipinski definition) is 1. The summed E-state index contributed by atoms with van der Waals surface area (Å²) in [6.45, 7) is 2.64. The third-order valence-electron chi connectivity index (χ3n) is 3.74. The van der Waals surface area contributed by atoms with Crippen LogP contribution in [-0.2, 0) is 4.79 Å². The van der Waals surface area contributed by atoms with Crippen LogP contribution in [0.2, 0.25) is 0 Å². The summed E-state index contributed by atoms with van der Waals surface area (Å²) < 4.78 is 2.27. The van der Waals surface area contributed by atoms with E-state index in [-0.39, 0.29) is 5.91 Å². The highest BCUT2D eigenvalue weighted by Crippen LogP contribution is 2.33. The summed E-state index contributed by atoms with van der Waals surface area (Å²) in [5.41, 5.74) is 2.11. The molecule has 4 nitrogen and oxygen atoms in total. The van der Waals surface area contributed by atoms with Crippen molar-refractivity contribution in [2.75, 3.05) is 29.9 Å². The van der Waals surface area contributed by atoms with Gasteiger partial charge >= 0.3 is 0 Å². The molecule has 2 aliphatic rings. The zero-order chi connectivity index (χ0) is 12.5. The van der Waals surface area contributed by atoms with Crippen LogP contribution < -0.4 is 10.2 Å². The van der Waals surface area contributed by atoms with Crippen molar-refractivity contribution in [3.05, 3.63) is 24.3 Å². The number of hydrogen-bond acceptors (Lipinski definition) is 3. The molecular weight excluding hydrogens is 245 g/mol. The minimum absolute atomic E-state index is 0.0991. The predicted octanol–water partition coefficient (Wildman–Crippen LogP) is 1.70. The number of fused-ring (bicyclic) bond motifs is 1. The van der Waals surface area contributed by atoms with Gasteiger partial charge in [0.1, 0.15) is 0 Å². The van der Waals surface area contributed by atoms with E-state index in [9.17, 15) is 4.79 Å². The average molecular weight is 263 g/mol. The Morgan fingerprint density at radius 2 is 1.94 bits per heavy atom. The molecule has 1 aromatic carbocycles. The van der Waals surface area contributed by atoms with Crippen LogP contribution in [0.15, 0.2) is 24.3 Å². The number of rotatable bonds is 1. The smallest absolute Gasteiger partial charge is 0.243 e. The van der Waals surface area contributed by atoms with Gasteiger partial charge in [0.15, 0.2) is 0 Å². The molecule has 1 saturated heterocycles. The Morgan fingerprint density at radius 1 is 1.22 bits per heavy atom. The van der Waals surface area contributed by atoms with Gasteiger partial charge in [0.25, 0.3) is 0 Å². The van der Waals surface area contributed by atoms with Crippen molar-refractivity contribution in [1.82, 2.24) is 4.67 Å². The van der Waals surface area contributed by atoms with E-state index < -0.39 is 0 Å². The van der Waals surface area contributed by atoms with Gasteiger partial charge in [-0.05, 0) is 25.0 Å². The molecular formula is C13H18N3OP. The van der Waals surface area contributed by atoms with Crippen LogP contribution >= 0.6 is 9.39 Å². The number of nitrogens with one attached hydrogen (secondary N) is 1. The van der Waals surface area contributed by atoms with Crippen LogP contribution in [0, 0.1) is 0 Å². The van der Waals surface area contributed by atoms with E-state index in [4.69, 9.17) is 0 Å². The highest BCUT2D eigenvalue weighted by atomic mass is 31.0. The highest BCUT2D eigenvalue weighted by Gasteiger charge is 2.29. The van der Waals surface area contributed by atoms with Crippen molar-refractivity contribution < 1.29 is 4.79 Å². The SMILES string of the molecule is O=C1CN(C2CCN(P)CC2)c2ccccc2N1. The molecule has 1 fully saturated rings. The van der Waals surface area contributed by atoms with Gasteiger partial charge in [-0.1, -0.05) is 21.5 Å². The number of anilines is 2. The Morgan fingerprint density at radius 3 is 2.72 bits per heavy atom. The van der Waals surface area contributed by atoms with Crippen LogP contribution in [-0.4, -0.2) is 36.3 Å². The van der Waals surface area contributed by atoms with Crippen molar-refractivity contribution >= 4 is 26.7 Å². The molecule has 1 amide bonds. The number of amides is 1. The molecule has 3 rings (SSSR count). The van der Waals surface area contributed by atoms with Gasteiger partial charge < -0.3 is 10.2 Å². The topological polar surface area (TPSA) is 35.6 Å². The molecule has 2 heterocycles. The number of para-hydroxylation sites is 2. The van der Waals surface area contributed by atoms with Gasteiger partial charge in [-0.25, -0.2) is 0 Å². The molecule has 0 aromatic heterocycles. The van der Waals surface area contributed by atoms with Gasteiger partial charge in [0.2, 0.25) is 5.91 Å². The maximum atomic E-state index is 11.8. The first-order chi connectivity index (χ1) is 8.74. The number of carbonyl (C=O) groups excluding carboxylic acids is 1. The summed E-state index contributed by atoms with van der Waals surface area (Å²) in [7, 11) is 2.76. The van der Waals surface area contributed by atoms with Gasteiger partial charge in [-0.3, -0.25) is 9.46 Å². The molecule has 5 heteroatoms. The van der Waals surface area contributed by atoms with Crippen molar-refractivity contribution in [1.29, 1.82) is 0 Å². The summed E-state index contributed by atoms with van der Waals surface area (Å²) in [5, 5.41) is 2.94. The molecule has 1 unspecified atom stereocenters. The van der Waals surface area contributed by atoms with Gasteiger partial charge in [0, 0.05) is 19.1 Å². The molecule has 1 atom stereocenters. The van der Waals surface area contributed by atoms with Crippen molar-refractivity contribution in [3.63, 3.8) is 0 Å². The summed E-state index contributed by atoms with van der Waals surface area (Å²) >= 11 is 0. The molecule has 1 N–H and O–H groups in total. The van der Waals surface area contributed by atoms with E-state index in [0.29, 0.717) is 12.6 Å². The molecule has 0 bridgehead atoms. The Labute approximate surface area is 110 Å². The number of benzene rings is 1. The Bertz CT molecular complexity index is 457. The van der Waals surface area contributed by atoms with E-state index >= 15 is 0 Å². The fourth-order valence-corrected chi connectivity index (χ4v) is 3.08. The lowest BCUT2D eigenvalue weighted by Gasteiger charge is -2.41. The van der Waals surface area contributed by atoms with Gasteiger partial charge in [-0.15, -0.1) is 0 Å². The van der Waals surface area contributed by atoms with Crippen molar-refractivity contribution in [3.8, 4) is 0 Å². The minimum Gasteiger partial charge on any atom is -0.357 e.